The predicted octanol–water partition coefficient (Wildman–Crippen LogP) is 1.29. The summed E-state index contributed by atoms with van der Waals surface area (Å²) in [5, 5.41) is 5.76. The highest BCUT2D eigenvalue weighted by molar-refractivity contribution is 7.17. The SMILES string of the molecule is COC(=O)n1cc2scc(N)c2n1. The molecule has 13 heavy (non-hydrogen) atoms. The molecule has 5 nitrogen and oxygen atoms in total. The first-order chi connectivity index (χ1) is 6.22. The Kier molecular flexibility index (Phi) is 1.70. The average molecular weight is 197 g/mol. The van der Waals surface area contributed by atoms with Crippen molar-refractivity contribution in [2.75, 3.05) is 12.8 Å². The Morgan fingerprint density at radius 3 is 3.15 bits per heavy atom. The van der Waals surface area contributed by atoms with E-state index in [2.05, 4.69) is 9.84 Å². The number of carbonyl (C=O) groups excluding carboxylic acids is 1. The molecule has 2 aromatic heterocycles. The van der Waals surface area contributed by atoms with Crippen molar-refractivity contribution < 1.29 is 9.53 Å². The second-order valence-corrected chi connectivity index (χ2v) is 3.36. The highest BCUT2D eigenvalue weighted by Crippen LogP contribution is 2.26. The van der Waals surface area contributed by atoms with Crippen molar-refractivity contribution in [2.24, 2.45) is 0 Å². The first-order valence-corrected chi connectivity index (χ1v) is 4.41. The molecule has 2 heterocycles. The van der Waals surface area contributed by atoms with Crippen LogP contribution in [0.15, 0.2) is 11.6 Å². The fraction of sp³-hybridized carbons (Fsp3) is 0.143. The van der Waals surface area contributed by atoms with Crippen LogP contribution < -0.4 is 5.73 Å². The summed E-state index contributed by atoms with van der Waals surface area (Å²) in [7, 11) is 1.31. The summed E-state index contributed by atoms with van der Waals surface area (Å²) < 4.78 is 6.51. The zero-order valence-electron chi connectivity index (χ0n) is 6.85. The topological polar surface area (TPSA) is 70.1 Å². The van der Waals surface area contributed by atoms with Crippen LogP contribution in [0.25, 0.3) is 10.2 Å². The molecule has 2 rings (SSSR count). The molecule has 0 saturated carbocycles. The normalized spacial score (nSPS) is 10.5. The van der Waals surface area contributed by atoms with Gasteiger partial charge in [0, 0.05) is 5.38 Å². The third kappa shape index (κ3) is 1.15. The third-order valence-electron chi connectivity index (χ3n) is 1.63. The van der Waals surface area contributed by atoms with Crippen LogP contribution in [-0.2, 0) is 4.74 Å². The van der Waals surface area contributed by atoms with Gasteiger partial charge in [-0.2, -0.15) is 9.78 Å². The zero-order chi connectivity index (χ0) is 9.42. The summed E-state index contributed by atoms with van der Waals surface area (Å²) in [5.41, 5.74) is 6.85. The van der Waals surface area contributed by atoms with Gasteiger partial charge in [-0.25, -0.2) is 4.79 Å². The number of hydrogen-bond acceptors (Lipinski definition) is 5. The second kappa shape index (κ2) is 2.74. The molecule has 0 bridgehead atoms. The van der Waals surface area contributed by atoms with Crippen molar-refractivity contribution in [3.8, 4) is 0 Å². The van der Waals surface area contributed by atoms with E-state index in [0.29, 0.717) is 11.2 Å². The quantitative estimate of drug-likeness (QED) is 0.691. The number of rotatable bonds is 0. The van der Waals surface area contributed by atoms with Gasteiger partial charge in [-0.05, 0) is 0 Å². The van der Waals surface area contributed by atoms with Crippen LogP contribution in [0, 0.1) is 0 Å². The molecule has 6 heteroatoms. The lowest BCUT2D eigenvalue weighted by atomic mass is 10.4. The number of nitrogen functional groups attached to an aromatic ring is 1. The minimum atomic E-state index is -0.511. The Balaban J connectivity index is 2.56. The molecular weight excluding hydrogens is 190 g/mol. The Morgan fingerprint density at radius 2 is 2.54 bits per heavy atom. The molecule has 0 saturated heterocycles. The summed E-state index contributed by atoms with van der Waals surface area (Å²) >= 11 is 1.45. The van der Waals surface area contributed by atoms with Crippen LogP contribution >= 0.6 is 11.3 Å². The van der Waals surface area contributed by atoms with E-state index >= 15 is 0 Å². The second-order valence-electron chi connectivity index (χ2n) is 2.45. The molecule has 68 valence electrons. The molecule has 0 aromatic carbocycles. The molecule has 0 spiro atoms. The number of thiophene rings is 1. The van der Waals surface area contributed by atoms with E-state index < -0.39 is 6.09 Å². The lowest BCUT2D eigenvalue weighted by Gasteiger charge is -1.94. The molecule has 0 unspecified atom stereocenters. The first-order valence-electron chi connectivity index (χ1n) is 3.53. The van der Waals surface area contributed by atoms with Gasteiger partial charge in [-0.15, -0.1) is 11.3 Å². The minimum Gasteiger partial charge on any atom is -0.451 e. The molecule has 0 aliphatic rings. The Morgan fingerprint density at radius 1 is 1.77 bits per heavy atom. The molecule has 0 amide bonds. The number of carbonyl (C=O) groups is 1. The number of hydrogen-bond donors (Lipinski definition) is 1. The van der Waals surface area contributed by atoms with Crippen LogP contribution in [0.3, 0.4) is 0 Å². The van der Waals surface area contributed by atoms with E-state index in [0.717, 1.165) is 9.38 Å². The fourth-order valence-electron chi connectivity index (χ4n) is 1.01. The summed E-state index contributed by atoms with van der Waals surface area (Å²) in [6.07, 6.45) is 1.09. The largest absolute Gasteiger partial charge is 0.451 e. The van der Waals surface area contributed by atoms with E-state index in [4.69, 9.17) is 5.73 Å². The van der Waals surface area contributed by atoms with Crippen LogP contribution in [0.2, 0.25) is 0 Å². The van der Waals surface area contributed by atoms with Gasteiger partial charge in [0.1, 0.15) is 5.52 Å². The summed E-state index contributed by atoms with van der Waals surface area (Å²) in [4.78, 5) is 11.0. The molecule has 2 aromatic rings. The lowest BCUT2D eigenvalue weighted by molar-refractivity contribution is 0.169. The van der Waals surface area contributed by atoms with E-state index in [9.17, 15) is 4.79 Å². The lowest BCUT2D eigenvalue weighted by Crippen LogP contribution is -2.11. The van der Waals surface area contributed by atoms with Crippen molar-refractivity contribution in [2.45, 2.75) is 0 Å². The number of anilines is 1. The van der Waals surface area contributed by atoms with Crippen molar-refractivity contribution >= 4 is 33.3 Å². The minimum absolute atomic E-state index is 0.511. The Hall–Kier alpha value is -1.56. The van der Waals surface area contributed by atoms with E-state index in [1.54, 1.807) is 11.6 Å². The monoisotopic (exact) mass is 197 g/mol. The van der Waals surface area contributed by atoms with Gasteiger partial charge in [0.15, 0.2) is 0 Å². The number of methoxy groups -OCH3 is 1. The smallest absolute Gasteiger partial charge is 0.434 e. The summed E-state index contributed by atoms with van der Waals surface area (Å²) in [6.45, 7) is 0. The Bertz CT molecular complexity index is 459. The number of aromatic nitrogens is 2. The number of fused-ring (bicyclic) bond motifs is 1. The summed E-state index contributed by atoms with van der Waals surface area (Å²) in [5.74, 6) is 0. The first kappa shape index (κ1) is 8.06. The van der Waals surface area contributed by atoms with Crippen molar-refractivity contribution in [3.05, 3.63) is 11.6 Å². The Labute approximate surface area is 77.7 Å². The van der Waals surface area contributed by atoms with Gasteiger partial charge in [0.25, 0.3) is 0 Å². The maximum absolute atomic E-state index is 11.0. The third-order valence-corrected chi connectivity index (χ3v) is 2.55. The maximum atomic E-state index is 11.0. The zero-order valence-corrected chi connectivity index (χ0v) is 7.67. The number of nitrogens with zero attached hydrogens (tertiary/aromatic N) is 2. The van der Waals surface area contributed by atoms with Crippen molar-refractivity contribution in [1.29, 1.82) is 0 Å². The average Bonchev–Trinajstić information content (AvgIpc) is 2.67. The van der Waals surface area contributed by atoms with E-state index in [1.807, 2.05) is 0 Å². The van der Waals surface area contributed by atoms with Crippen LogP contribution in [0.5, 0.6) is 0 Å². The van der Waals surface area contributed by atoms with Crippen LogP contribution in [-0.4, -0.2) is 23.0 Å². The maximum Gasteiger partial charge on any atom is 0.434 e. The molecular formula is C7H7N3O2S. The molecule has 0 aliphatic heterocycles. The van der Waals surface area contributed by atoms with Crippen molar-refractivity contribution in [3.63, 3.8) is 0 Å². The highest BCUT2D eigenvalue weighted by atomic mass is 32.1. The van der Waals surface area contributed by atoms with Gasteiger partial charge in [-0.1, -0.05) is 0 Å². The van der Waals surface area contributed by atoms with Crippen LogP contribution in [0.4, 0.5) is 10.5 Å². The standard InChI is InChI=1S/C7H7N3O2S/c1-12-7(11)10-2-5-6(9-10)4(8)3-13-5/h2-3H,8H2,1H3. The van der Waals surface area contributed by atoms with Gasteiger partial charge >= 0.3 is 6.09 Å². The predicted molar refractivity (Wildman–Crippen MR) is 49.8 cm³/mol. The van der Waals surface area contributed by atoms with Gasteiger partial charge in [0.05, 0.1) is 23.7 Å². The van der Waals surface area contributed by atoms with Gasteiger partial charge in [-0.3, -0.25) is 0 Å². The number of nitrogens with two attached hydrogens (primary N) is 1. The fourth-order valence-corrected chi connectivity index (χ4v) is 1.81. The van der Waals surface area contributed by atoms with E-state index in [-0.39, 0.29) is 0 Å². The van der Waals surface area contributed by atoms with E-state index in [1.165, 1.54) is 18.4 Å². The molecule has 2 N–H and O–H groups in total. The highest BCUT2D eigenvalue weighted by Gasteiger charge is 2.10. The molecule has 0 atom stereocenters. The number of ether oxygens (including phenoxy) is 1. The molecule has 0 fully saturated rings. The van der Waals surface area contributed by atoms with Crippen LogP contribution in [0.1, 0.15) is 0 Å². The van der Waals surface area contributed by atoms with Gasteiger partial charge < -0.3 is 10.5 Å². The molecule has 0 radical (unpaired) electrons. The summed E-state index contributed by atoms with van der Waals surface area (Å²) in [6, 6.07) is 0. The van der Waals surface area contributed by atoms with Gasteiger partial charge in [0.2, 0.25) is 0 Å². The molecule has 0 aliphatic carbocycles. The van der Waals surface area contributed by atoms with Crippen molar-refractivity contribution in [1.82, 2.24) is 9.78 Å².